The third kappa shape index (κ3) is 5.15. The van der Waals surface area contributed by atoms with Crippen LogP contribution in [0.1, 0.15) is 39.9 Å². The highest BCUT2D eigenvalue weighted by Gasteiger charge is 2.43. The summed E-state index contributed by atoms with van der Waals surface area (Å²) in [5, 5.41) is 21.1. The molecule has 0 aliphatic heterocycles. The molecule has 0 spiro atoms. The summed E-state index contributed by atoms with van der Waals surface area (Å²) < 4.78 is 0. The first kappa shape index (κ1) is 21.5. The van der Waals surface area contributed by atoms with E-state index in [4.69, 9.17) is 5.73 Å². The Labute approximate surface area is 184 Å². The molecular weight excluding hydrogens is 386 g/mol. The van der Waals surface area contributed by atoms with Crippen LogP contribution in [0.4, 0.5) is 0 Å². The summed E-state index contributed by atoms with van der Waals surface area (Å²) in [6, 6.07) is 15.7. The second-order valence-electron chi connectivity index (χ2n) is 9.12. The number of hydrogen-bond acceptors (Lipinski definition) is 3. The van der Waals surface area contributed by atoms with Crippen LogP contribution in [0.5, 0.6) is 0 Å². The average molecular weight is 418 g/mol. The quantitative estimate of drug-likeness (QED) is 0.600. The van der Waals surface area contributed by atoms with Gasteiger partial charge in [-0.1, -0.05) is 65.8 Å². The number of benzene rings is 2. The Morgan fingerprint density at radius 2 is 1.97 bits per heavy atom. The van der Waals surface area contributed by atoms with Crippen molar-refractivity contribution in [1.82, 2.24) is 0 Å². The molecule has 4 rings (SSSR count). The van der Waals surface area contributed by atoms with Gasteiger partial charge in [0.1, 0.15) is 0 Å². The monoisotopic (exact) mass is 417 g/mol. The zero-order valence-electron chi connectivity index (χ0n) is 17.9. The maximum Gasteiger partial charge on any atom is 0.248 e. The third-order valence-corrected chi connectivity index (χ3v) is 6.70. The molecule has 31 heavy (non-hydrogen) atoms. The minimum Gasteiger partial charge on any atom is -0.392 e. The molecular formula is C27H31NO3. The topological polar surface area (TPSA) is 83.5 Å². The van der Waals surface area contributed by atoms with Gasteiger partial charge in [-0.05, 0) is 61.3 Å². The number of aryl methyl sites for hydroxylation is 1. The first-order chi connectivity index (χ1) is 14.9. The average Bonchev–Trinajstić information content (AvgIpc) is 3.23. The summed E-state index contributed by atoms with van der Waals surface area (Å²) in [7, 11) is 0. The lowest BCUT2D eigenvalue weighted by Crippen LogP contribution is -2.18. The zero-order chi connectivity index (χ0) is 22.0. The number of nitrogens with two attached hydrogens (primary N) is 1. The standard InChI is InChI=1S/C27H31NO3/c1-17-3-2-4-19(11-17)14-23(29)9-10-24-25-15-20(13-22(25)16-26(24)30)12-18-5-7-21(8-6-18)27(28)31/h2-11,13,22-26,29-30H,12,14-16H2,1H3,(H2,28,31)/b10-9+/t22-,23-,24+,25-,26+/m0/s1. The van der Waals surface area contributed by atoms with Crippen molar-refractivity contribution in [1.29, 1.82) is 0 Å². The van der Waals surface area contributed by atoms with Gasteiger partial charge >= 0.3 is 0 Å². The van der Waals surface area contributed by atoms with E-state index in [2.05, 4.69) is 25.1 Å². The van der Waals surface area contributed by atoms with Crippen LogP contribution in [0, 0.1) is 24.7 Å². The van der Waals surface area contributed by atoms with Crippen LogP contribution >= 0.6 is 0 Å². The Hall–Kier alpha value is -2.69. The molecule has 4 N–H and O–H groups in total. The van der Waals surface area contributed by atoms with E-state index in [0.29, 0.717) is 23.8 Å². The van der Waals surface area contributed by atoms with Gasteiger partial charge in [-0.15, -0.1) is 0 Å². The molecule has 1 amide bonds. The molecule has 2 aliphatic carbocycles. The number of primary amides is 1. The Morgan fingerprint density at radius 1 is 1.19 bits per heavy atom. The molecule has 4 nitrogen and oxygen atoms in total. The predicted molar refractivity (Wildman–Crippen MR) is 122 cm³/mol. The van der Waals surface area contributed by atoms with Crippen LogP contribution in [-0.2, 0) is 12.8 Å². The van der Waals surface area contributed by atoms with E-state index in [0.717, 1.165) is 30.4 Å². The molecule has 0 radical (unpaired) electrons. The number of aliphatic hydroxyl groups excluding tert-OH is 2. The van der Waals surface area contributed by atoms with Crippen LogP contribution in [0.2, 0.25) is 0 Å². The van der Waals surface area contributed by atoms with Gasteiger partial charge in [-0.2, -0.15) is 0 Å². The summed E-state index contributed by atoms with van der Waals surface area (Å²) in [5.74, 6) is 0.438. The van der Waals surface area contributed by atoms with Crippen molar-refractivity contribution in [2.75, 3.05) is 0 Å². The second-order valence-corrected chi connectivity index (χ2v) is 9.12. The van der Waals surface area contributed by atoms with Gasteiger partial charge in [0.05, 0.1) is 12.2 Å². The first-order valence-corrected chi connectivity index (χ1v) is 11.1. The van der Waals surface area contributed by atoms with E-state index >= 15 is 0 Å². The van der Waals surface area contributed by atoms with E-state index in [9.17, 15) is 15.0 Å². The van der Waals surface area contributed by atoms with Crippen molar-refractivity contribution in [3.8, 4) is 0 Å². The largest absolute Gasteiger partial charge is 0.392 e. The molecule has 4 heteroatoms. The third-order valence-electron chi connectivity index (χ3n) is 6.70. The van der Waals surface area contributed by atoms with Gasteiger partial charge in [0.15, 0.2) is 0 Å². The van der Waals surface area contributed by atoms with Gasteiger partial charge in [-0.25, -0.2) is 0 Å². The van der Waals surface area contributed by atoms with Crippen LogP contribution < -0.4 is 5.73 Å². The molecule has 162 valence electrons. The second kappa shape index (κ2) is 9.21. The molecule has 0 saturated heterocycles. The van der Waals surface area contributed by atoms with Crippen molar-refractivity contribution in [2.24, 2.45) is 23.5 Å². The number of allylic oxidation sites excluding steroid dienone is 2. The number of hydrogen-bond donors (Lipinski definition) is 3. The summed E-state index contributed by atoms with van der Waals surface area (Å²) in [6.07, 6.45) is 8.49. The number of carbonyl (C=O) groups is 1. The lowest BCUT2D eigenvalue weighted by Gasteiger charge is -2.19. The van der Waals surface area contributed by atoms with Crippen LogP contribution in [-0.4, -0.2) is 28.3 Å². The Balaban J connectivity index is 1.36. The maximum absolute atomic E-state index is 11.2. The lowest BCUT2D eigenvalue weighted by atomic mass is 9.88. The highest BCUT2D eigenvalue weighted by Crippen LogP contribution is 2.47. The van der Waals surface area contributed by atoms with E-state index in [1.165, 1.54) is 11.1 Å². The smallest absolute Gasteiger partial charge is 0.248 e. The highest BCUT2D eigenvalue weighted by molar-refractivity contribution is 5.92. The summed E-state index contributed by atoms with van der Waals surface area (Å²) in [4.78, 5) is 11.2. The first-order valence-electron chi connectivity index (χ1n) is 11.1. The van der Waals surface area contributed by atoms with E-state index < -0.39 is 12.0 Å². The number of carbonyl (C=O) groups excluding carboxylic acids is 1. The number of rotatable bonds is 7. The van der Waals surface area contributed by atoms with E-state index in [-0.39, 0.29) is 12.0 Å². The van der Waals surface area contributed by atoms with Crippen molar-refractivity contribution < 1.29 is 15.0 Å². The fourth-order valence-electron chi connectivity index (χ4n) is 5.19. The fourth-order valence-corrected chi connectivity index (χ4v) is 5.19. The molecule has 5 atom stereocenters. The fraction of sp³-hybridized carbons (Fsp3) is 0.370. The van der Waals surface area contributed by atoms with Crippen molar-refractivity contribution in [3.63, 3.8) is 0 Å². The molecule has 2 aromatic rings. The molecule has 0 heterocycles. The molecule has 0 aromatic heterocycles. The molecule has 1 saturated carbocycles. The summed E-state index contributed by atoms with van der Waals surface area (Å²) in [6.45, 7) is 2.05. The minimum atomic E-state index is -0.550. The normalized spacial score (nSPS) is 26.1. The van der Waals surface area contributed by atoms with Crippen molar-refractivity contribution in [3.05, 3.63) is 94.6 Å². The van der Waals surface area contributed by atoms with Gasteiger partial charge < -0.3 is 15.9 Å². The predicted octanol–water partition coefficient (Wildman–Crippen LogP) is 3.74. The highest BCUT2D eigenvalue weighted by atomic mass is 16.3. The van der Waals surface area contributed by atoms with Gasteiger partial charge in [0.2, 0.25) is 5.91 Å². The molecule has 0 unspecified atom stereocenters. The van der Waals surface area contributed by atoms with Gasteiger partial charge in [0, 0.05) is 17.9 Å². The number of amides is 1. The Bertz CT molecular complexity index is 992. The molecule has 1 fully saturated rings. The van der Waals surface area contributed by atoms with Crippen molar-refractivity contribution in [2.45, 2.75) is 44.8 Å². The molecule has 0 bridgehead atoms. The molecule has 2 aliphatic rings. The Kier molecular flexibility index (Phi) is 6.40. The lowest BCUT2D eigenvalue weighted by molar-refractivity contribution is 0.1000. The van der Waals surface area contributed by atoms with E-state index in [1.807, 2.05) is 36.4 Å². The minimum absolute atomic E-state index is 0.0724. The number of fused-ring (bicyclic) bond motifs is 1. The van der Waals surface area contributed by atoms with Crippen LogP contribution in [0.3, 0.4) is 0 Å². The van der Waals surface area contributed by atoms with Crippen LogP contribution in [0.15, 0.2) is 72.3 Å². The van der Waals surface area contributed by atoms with Crippen LogP contribution in [0.25, 0.3) is 0 Å². The van der Waals surface area contributed by atoms with Gasteiger partial charge in [-0.3, -0.25) is 4.79 Å². The SMILES string of the molecule is Cc1cccc(C[C@@H](O)/C=C/[C@@H]2[C@H]3CC(Cc4ccc(C(N)=O)cc4)=C[C@H]3C[C@H]2O)c1. The zero-order valence-corrected chi connectivity index (χ0v) is 17.9. The van der Waals surface area contributed by atoms with Crippen molar-refractivity contribution >= 4 is 5.91 Å². The van der Waals surface area contributed by atoms with Gasteiger partial charge in [0.25, 0.3) is 0 Å². The summed E-state index contributed by atoms with van der Waals surface area (Å²) >= 11 is 0. The molecule has 2 aromatic carbocycles. The van der Waals surface area contributed by atoms with E-state index in [1.54, 1.807) is 12.1 Å². The maximum atomic E-state index is 11.2. The summed E-state index contributed by atoms with van der Waals surface area (Å²) in [5.41, 5.74) is 10.7. The number of aliphatic hydroxyl groups is 2. The Morgan fingerprint density at radius 3 is 2.68 bits per heavy atom.